The average molecular weight is 516 g/mol. The van der Waals surface area contributed by atoms with E-state index < -0.39 is 0 Å². The fourth-order valence-corrected chi connectivity index (χ4v) is 5.42. The topological polar surface area (TPSA) is 100 Å². The quantitative estimate of drug-likeness (QED) is 0.392. The summed E-state index contributed by atoms with van der Waals surface area (Å²) in [4.78, 5) is 29.8. The molecule has 1 N–H and O–H groups in total. The third-order valence-electron chi connectivity index (χ3n) is 7.45. The van der Waals surface area contributed by atoms with Crippen LogP contribution in [0.1, 0.15) is 55.8 Å². The first-order valence-corrected chi connectivity index (χ1v) is 13.1. The Labute approximate surface area is 220 Å². The molecule has 0 radical (unpaired) electrons. The van der Waals surface area contributed by atoms with Crippen LogP contribution in [0.4, 0.5) is 20.7 Å². The van der Waals surface area contributed by atoms with Crippen molar-refractivity contribution in [2.45, 2.75) is 45.4 Å². The summed E-state index contributed by atoms with van der Waals surface area (Å²) in [5.74, 6) is 2.24. The number of hydrogen-bond acceptors (Lipinski definition) is 7. The van der Waals surface area contributed by atoms with Gasteiger partial charge in [-0.1, -0.05) is 25.1 Å². The van der Waals surface area contributed by atoms with Gasteiger partial charge < -0.3 is 14.7 Å². The summed E-state index contributed by atoms with van der Waals surface area (Å²) < 4.78 is 20.4. The SMILES string of the molecule is Cc1cc(-c2cc(F)cc3c(N4CCC(c5noc(C(C)C)n5)CC4)ncnc23)ccc1N1CCNC1=O. The van der Waals surface area contributed by atoms with Crippen molar-refractivity contribution in [1.82, 2.24) is 25.4 Å². The average Bonchev–Trinajstić information content (AvgIpc) is 3.58. The third-order valence-corrected chi connectivity index (χ3v) is 7.45. The molecule has 2 aliphatic heterocycles. The fourth-order valence-electron chi connectivity index (χ4n) is 5.42. The van der Waals surface area contributed by atoms with Gasteiger partial charge >= 0.3 is 6.03 Å². The second-order valence-corrected chi connectivity index (χ2v) is 10.3. The van der Waals surface area contributed by atoms with Crippen LogP contribution in [0.2, 0.25) is 0 Å². The minimum atomic E-state index is -0.341. The van der Waals surface area contributed by atoms with Crippen molar-refractivity contribution in [3.63, 3.8) is 0 Å². The first kappa shape index (κ1) is 24.3. The van der Waals surface area contributed by atoms with Gasteiger partial charge in [0.2, 0.25) is 5.89 Å². The number of carbonyl (C=O) groups excluding carboxylic acids is 1. The number of amides is 2. The molecule has 196 valence electrons. The lowest BCUT2D eigenvalue weighted by Gasteiger charge is -2.32. The molecule has 2 aliphatic rings. The molecule has 0 bridgehead atoms. The lowest BCUT2D eigenvalue weighted by molar-refractivity contribution is 0.252. The maximum Gasteiger partial charge on any atom is 0.322 e. The lowest BCUT2D eigenvalue weighted by atomic mass is 9.95. The van der Waals surface area contributed by atoms with Crippen LogP contribution >= 0.6 is 0 Å². The van der Waals surface area contributed by atoms with Crippen LogP contribution in [-0.2, 0) is 0 Å². The number of hydrogen-bond donors (Lipinski definition) is 1. The second-order valence-electron chi connectivity index (χ2n) is 10.3. The highest BCUT2D eigenvalue weighted by Crippen LogP contribution is 2.37. The molecule has 2 aromatic carbocycles. The van der Waals surface area contributed by atoms with Gasteiger partial charge in [-0.25, -0.2) is 19.2 Å². The summed E-state index contributed by atoms with van der Waals surface area (Å²) in [5.41, 5.74) is 4.04. The first-order valence-electron chi connectivity index (χ1n) is 13.1. The van der Waals surface area contributed by atoms with Crippen molar-refractivity contribution < 1.29 is 13.7 Å². The molecule has 6 rings (SSSR count). The number of anilines is 2. The van der Waals surface area contributed by atoms with Crippen molar-refractivity contribution in [2.24, 2.45) is 0 Å². The number of aryl methyl sites for hydroxylation is 1. The summed E-state index contributed by atoms with van der Waals surface area (Å²) in [7, 11) is 0. The lowest BCUT2D eigenvalue weighted by Crippen LogP contribution is -2.34. The van der Waals surface area contributed by atoms with E-state index >= 15 is 0 Å². The number of fused-ring (bicyclic) bond motifs is 1. The number of piperidine rings is 1. The van der Waals surface area contributed by atoms with Crippen LogP contribution in [0, 0.1) is 12.7 Å². The van der Waals surface area contributed by atoms with Crippen LogP contribution in [0.25, 0.3) is 22.0 Å². The van der Waals surface area contributed by atoms with E-state index in [4.69, 9.17) is 4.52 Å². The van der Waals surface area contributed by atoms with Gasteiger partial charge in [0.15, 0.2) is 5.82 Å². The molecular formula is C28H30FN7O2. The fraction of sp³-hybridized carbons (Fsp3) is 0.393. The molecule has 2 fully saturated rings. The highest BCUT2D eigenvalue weighted by Gasteiger charge is 2.27. The van der Waals surface area contributed by atoms with E-state index in [0.717, 1.165) is 54.4 Å². The molecule has 10 heteroatoms. The van der Waals surface area contributed by atoms with E-state index in [0.29, 0.717) is 35.4 Å². The first-order chi connectivity index (χ1) is 18.4. The van der Waals surface area contributed by atoms with Gasteiger partial charge in [-0.15, -0.1) is 0 Å². The van der Waals surface area contributed by atoms with Crippen molar-refractivity contribution in [2.75, 3.05) is 36.0 Å². The molecule has 4 aromatic rings. The molecular weight excluding hydrogens is 485 g/mol. The predicted molar refractivity (Wildman–Crippen MR) is 143 cm³/mol. The van der Waals surface area contributed by atoms with Crippen LogP contribution < -0.4 is 15.1 Å². The van der Waals surface area contributed by atoms with Gasteiger partial charge in [-0.05, 0) is 55.2 Å². The number of nitrogens with zero attached hydrogens (tertiary/aromatic N) is 6. The Morgan fingerprint density at radius 1 is 1.11 bits per heavy atom. The number of benzene rings is 2. The third kappa shape index (κ3) is 4.33. The number of urea groups is 1. The smallest absolute Gasteiger partial charge is 0.322 e. The van der Waals surface area contributed by atoms with Gasteiger partial charge in [0.25, 0.3) is 0 Å². The van der Waals surface area contributed by atoms with E-state index in [2.05, 4.69) is 30.3 Å². The molecule has 2 amide bonds. The summed E-state index contributed by atoms with van der Waals surface area (Å²) >= 11 is 0. The molecule has 0 saturated carbocycles. The monoisotopic (exact) mass is 515 g/mol. The zero-order chi connectivity index (χ0) is 26.4. The number of halogens is 1. The van der Waals surface area contributed by atoms with Gasteiger partial charge in [-0.3, -0.25) is 4.90 Å². The summed E-state index contributed by atoms with van der Waals surface area (Å²) in [5, 5.41) is 7.72. The zero-order valence-electron chi connectivity index (χ0n) is 21.7. The van der Waals surface area contributed by atoms with Gasteiger partial charge in [-0.2, -0.15) is 4.98 Å². The number of aromatic nitrogens is 4. The molecule has 4 heterocycles. The number of carbonyl (C=O) groups is 1. The Kier molecular flexibility index (Phi) is 6.17. The standard InChI is InChI=1S/C28H30FN7O2/c1-16(2)27-33-25(34-38-27)18-6-9-35(10-7-18)26-22-14-20(29)13-21(24(22)31-15-32-26)19-4-5-23(17(3)12-19)36-11-8-30-28(36)37/h4-5,12-16,18H,6-11H2,1-3H3,(H,30,37). The molecule has 0 atom stereocenters. The van der Waals surface area contributed by atoms with Crippen molar-refractivity contribution in [3.05, 3.63) is 59.8 Å². The Hall–Kier alpha value is -4.08. The molecule has 2 aromatic heterocycles. The number of nitrogens with one attached hydrogen (secondary N) is 1. The van der Waals surface area contributed by atoms with E-state index in [1.165, 1.54) is 12.1 Å². The molecule has 38 heavy (non-hydrogen) atoms. The van der Waals surface area contributed by atoms with Crippen LogP contribution in [-0.4, -0.2) is 52.3 Å². The second kappa shape index (κ2) is 9.66. The Morgan fingerprint density at radius 3 is 2.61 bits per heavy atom. The molecule has 2 saturated heterocycles. The van der Waals surface area contributed by atoms with E-state index in [1.54, 1.807) is 11.2 Å². The van der Waals surface area contributed by atoms with Crippen molar-refractivity contribution >= 4 is 28.4 Å². The highest BCUT2D eigenvalue weighted by atomic mass is 19.1. The van der Waals surface area contributed by atoms with Crippen LogP contribution in [0.5, 0.6) is 0 Å². The predicted octanol–water partition coefficient (Wildman–Crippen LogP) is 5.16. The minimum Gasteiger partial charge on any atom is -0.356 e. The molecule has 0 spiro atoms. The highest BCUT2D eigenvalue weighted by molar-refractivity contribution is 6.00. The largest absolute Gasteiger partial charge is 0.356 e. The molecule has 0 aliphatic carbocycles. The number of rotatable bonds is 5. The van der Waals surface area contributed by atoms with Crippen molar-refractivity contribution in [3.8, 4) is 11.1 Å². The maximum atomic E-state index is 15.0. The van der Waals surface area contributed by atoms with E-state index in [1.807, 2.05) is 39.0 Å². The Balaban J connectivity index is 1.29. The van der Waals surface area contributed by atoms with Gasteiger partial charge in [0, 0.05) is 54.7 Å². The zero-order valence-corrected chi connectivity index (χ0v) is 21.7. The van der Waals surface area contributed by atoms with Gasteiger partial charge in [0.05, 0.1) is 5.52 Å². The normalized spacial score (nSPS) is 16.6. The minimum absolute atomic E-state index is 0.0992. The van der Waals surface area contributed by atoms with Crippen molar-refractivity contribution in [1.29, 1.82) is 0 Å². The molecule has 0 unspecified atom stereocenters. The Morgan fingerprint density at radius 2 is 1.92 bits per heavy atom. The summed E-state index contributed by atoms with van der Waals surface area (Å²) in [6, 6.07) is 8.76. The molecule has 9 nitrogen and oxygen atoms in total. The van der Waals surface area contributed by atoms with Crippen LogP contribution in [0.15, 0.2) is 41.2 Å². The van der Waals surface area contributed by atoms with Crippen LogP contribution in [0.3, 0.4) is 0 Å². The van der Waals surface area contributed by atoms with E-state index in [-0.39, 0.29) is 23.7 Å². The summed E-state index contributed by atoms with van der Waals surface area (Å²) in [6.07, 6.45) is 3.26. The van der Waals surface area contributed by atoms with E-state index in [9.17, 15) is 9.18 Å². The summed E-state index contributed by atoms with van der Waals surface area (Å²) in [6.45, 7) is 8.79. The van der Waals surface area contributed by atoms with Gasteiger partial charge in [0.1, 0.15) is 18.0 Å². The maximum absolute atomic E-state index is 15.0. The Bertz CT molecular complexity index is 1510.